The second kappa shape index (κ2) is 4.41. The predicted molar refractivity (Wildman–Crippen MR) is 72.1 cm³/mol. The van der Waals surface area contributed by atoms with Crippen LogP contribution in [0.5, 0.6) is 0 Å². The third-order valence-corrected chi connectivity index (χ3v) is 2.68. The van der Waals surface area contributed by atoms with Gasteiger partial charge in [-0.3, -0.25) is 0 Å². The first-order chi connectivity index (χ1) is 5.38. The van der Waals surface area contributed by atoms with Gasteiger partial charge < -0.3 is 0 Å². The zero-order valence-electron chi connectivity index (χ0n) is 6.33. The second-order valence-corrected chi connectivity index (χ2v) is 3.62. The van der Waals surface area contributed by atoms with Gasteiger partial charge >= 0.3 is 0 Å². The SMILES string of the molecule is I.Ic1cccc2ccccc12. The molecule has 0 fully saturated rings. The fourth-order valence-electron chi connectivity index (χ4n) is 1.19. The molecule has 0 amide bonds. The molecule has 0 aliphatic heterocycles. The average molecular weight is 382 g/mol. The molecule has 0 N–H and O–H groups in total. The Balaban J connectivity index is 0.000000720. The van der Waals surface area contributed by atoms with Gasteiger partial charge in [-0.25, -0.2) is 0 Å². The van der Waals surface area contributed by atoms with Gasteiger partial charge in [0, 0.05) is 3.57 Å². The maximum Gasteiger partial charge on any atom is 0.0208 e. The minimum Gasteiger partial charge on any atom is -0.107 e. The third kappa shape index (κ3) is 1.90. The topological polar surface area (TPSA) is 0 Å². The van der Waals surface area contributed by atoms with Crippen LogP contribution in [0.25, 0.3) is 10.8 Å². The molecule has 0 heterocycles. The Hall–Kier alpha value is 0.160. The minimum atomic E-state index is 0. The summed E-state index contributed by atoms with van der Waals surface area (Å²) in [5.74, 6) is 0. The van der Waals surface area contributed by atoms with Crippen molar-refractivity contribution in [3.8, 4) is 0 Å². The second-order valence-electron chi connectivity index (χ2n) is 2.46. The first kappa shape index (κ1) is 10.2. The number of benzene rings is 2. The lowest BCUT2D eigenvalue weighted by atomic mass is 10.1. The molecule has 0 saturated carbocycles. The monoisotopic (exact) mass is 382 g/mol. The van der Waals surface area contributed by atoms with Crippen molar-refractivity contribution in [1.82, 2.24) is 0 Å². The quantitative estimate of drug-likeness (QED) is 0.603. The lowest BCUT2D eigenvalue weighted by molar-refractivity contribution is 1.71. The molecule has 12 heavy (non-hydrogen) atoms. The predicted octanol–water partition coefficient (Wildman–Crippen LogP) is 4.06. The minimum absolute atomic E-state index is 0. The van der Waals surface area contributed by atoms with E-state index in [2.05, 4.69) is 65.1 Å². The number of hydrogen-bond donors (Lipinski definition) is 0. The van der Waals surface area contributed by atoms with E-state index in [1.165, 1.54) is 14.3 Å². The molecular formula is C10H8I2. The van der Waals surface area contributed by atoms with Gasteiger partial charge in [0.05, 0.1) is 0 Å². The molecule has 2 rings (SSSR count). The van der Waals surface area contributed by atoms with Crippen LogP contribution in [0.1, 0.15) is 0 Å². The number of halogens is 2. The van der Waals surface area contributed by atoms with Gasteiger partial charge in [0.2, 0.25) is 0 Å². The fourth-order valence-corrected chi connectivity index (χ4v) is 1.88. The first-order valence-electron chi connectivity index (χ1n) is 3.51. The summed E-state index contributed by atoms with van der Waals surface area (Å²) < 4.78 is 1.32. The smallest absolute Gasteiger partial charge is 0.0208 e. The Morgan fingerprint density at radius 1 is 0.833 bits per heavy atom. The highest BCUT2D eigenvalue weighted by atomic mass is 127. The van der Waals surface area contributed by atoms with E-state index in [1.807, 2.05) is 0 Å². The van der Waals surface area contributed by atoms with Gasteiger partial charge in [-0.2, -0.15) is 0 Å². The Bertz CT molecular complexity index is 377. The molecule has 0 bridgehead atoms. The molecule has 0 spiro atoms. The van der Waals surface area contributed by atoms with Crippen molar-refractivity contribution in [2.75, 3.05) is 0 Å². The van der Waals surface area contributed by atoms with Crippen LogP contribution in [-0.4, -0.2) is 0 Å². The standard InChI is InChI=1S/C10H7I.HI/c11-10-7-3-5-8-4-1-2-6-9(8)10;/h1-7H;1H. The van der Waals surface area contributed by atoms with Crippen LogP contribution in [0.2, 0.25) is 0 Å². The van der Waals surface area contributed by atoms with Gasteiger partial charge in [-0.05, 0) is 39.4 Å². The van der Waals surface area contributed by atoms with Crippen LogP contribution >= 0.6 is 46.6 Å². The normalized spacial score (nSPS) is 9.42. The molecule has 0 saturated heterocycles. The molecule has 2 aromatic rings. The van der Waals surface area contributed by atoms with E-state index < -0.39 is 0 Å². The van der Waals surface area contributed by atoms with E-state index in [0.29, 0.717) is 0 Å². The molecule has 0 atom stereocenters. The van der Waals surface area contributed by atoms with Crippen molar-refractivity contribution in [2.24, 2.45) is 0 Å². The van der Waals surface area contributed by atoms with Gasteiger partial charge in [-0.1, -0.05) is 36.4 Å². The molecule has 0 aromatic heterocycles. The number of fused-ring (bicyclic) bond motifs is 1. The summed E-state index contributed by atoms with van der Waals surface area (Å²) in [6, 6.07) is 14.8. The Morgan fingerprint density at radius 2 is 1.50 bits per heavy atom. The van der Waals surface area contributed by atoms with E-state index in [1.54, 1.807) is 0 Å². The third-order valence-electron chi connectivity index (χ3n) is 1.74. The average Bonchev–Trinajstić information content (AvgIpc) is 2.06. The summed E-state index contributed by atoms with van der Waals surface area (Å²) >= 11 is 2.36. The van der Waals surface area contributed by atoms with Crippen LogP contribution in [-0.2, 0) is 0 Å². The van der Waals surface area contributed by atoms with Crippen LogP contribution in [0, 0.1) is 3.57 Å². The molecule has 2 aromatic carbocycles. The molecule has 0 aliphatic rings. The lowest BCUT2D eigenvalue weighted by Gasteiger charge is -1.97. The molecule has 62 valence electrons. The fraction of sp³-hybridized carbons (Fsp3) is 0. The van der Waals surface area contributed by atoms with Crippen LogP contribution in [0.4, 0.5) is 0 Å². The summed E-state index contributed by atoms with van der Waals surface area (Å²) in [6.45, 7) is 0. The van der Waals surface area contributed by atoms with Gasteiger partial charge in [0.15, 0.2) is 0 Å². The van der Waals surface area contributed by atoms with Crippen LogP contribution in [0.15, 0.2) is 42.5 Å². The highest BCUT2D eigenvalue weighted by molar-refractivity contribution is 14.1. The molecule has 0 unspecified atom stereocenters. The largest absolute Gasteiger partial charge is 0.107 e. The Labute approximate surface area is 103 Å². The van der Waals surface area contributed by atoms with E-state index in [-0.39, 0.29) is 24.0 Å². The van der Waals surface area contributed by atoms with Gasteiger partial charge in [0.1, 0.15) is 0 Å². The summed E-state index contributed by atoms with van der Waals surface area (Å²) in [5.41, 5.74) is 0. The number of hydrogen-bond acceptors (Lipinski definition) is 0. The summed E-state index contributed by atoms with van der Waals surface area (Å²) in [7, 11) is 0. The van der Waals surface area contributed by atoms with Gasteiger partial charge in [-0.15, -0.1) is 24.0 Å². The van der Waals surface area contributed by atoms with Crippen LogP contribution in [0.3, 0.4) is 0 Å². The molecule has 0 aliphatic carbocycles. The lowest BCUT2D eigenvalue weighted by Crippen LogP contribution is -1.74. The molecule has 0 radical (unpaired) electrons. The maximum atomic E-state index is 2.36. The van der Waals surface area contributed by atoms with E-state index in [4.69, 9.17) is 0 Å². The van der Waals surface area contributed by atoms with Crippen LogP contribution < -0.4 is 0 Å². The van der Waals surface area contributed by atoms with E-state index >= 15 is 0 Å². The van der Waals surface area contributed by atoms with Crippen molar-refractivity contribution in [3.05, 3.63) is 46.0 Å². The zero-order chi connectivity index (χ0) is 7.68. The molecule has 2 heteroatoms. The molecule has 0 nitrogen and oxygen atoms in total. The van der Waals surface area contributed by atoms with Crippen molar-refractivity contribution >= 4 is 57.3 Å². The maximum absolute atomic E-state index is 2.36. The van der Waals surface area contributed by atoms with Crippen molar-refractivity contribution in [3.63, 3.8) is 0 Å². The zero-order valence-corrected chi connectivity index (χ0v) is 10.8. The Kier molecular flexibility index (Phi) is 3.77. The highest BCUT2D eigenvalue weighted by Crippen LogP contribution is 2.19. The molecular weight excluding hydrogens is 374 g/mol. The summed E-state index contributed by atoms with van der Waals surface area (Å²) in [5, 5.41) is 2.66. The summed E-state index contributed by atoms with van der Waals surface area (Å²) in [4.78, 5) is 0. The van der Waals surface area contributed by atoms with E-state index in [9.17, 15) is 0 Å². The van der Waals surface area contributed by atoms with Crippen molar-refractivity contribution in [1.29, 1.82) is 0 Å². The highest BCUT2D eigenvalue weighted by Gasteiger charge is 1.93. The van der Waals surface area contributed by atoms with Crippen molar-refractivity contribution in [2.45, 2.75) is 0 Å². The first-order valence-corrected chi connectivity index (χ1v) is 4.59. The number of rotatable bonds is 0. The summed E-state index contributed by atoms with van der Waals surface area (Å²) in [6.07, 6.45) is 0. The Morgan fingerprint density at radius 3 is 2.25 bits per heavy atom. The van der Waals surface area contributed by atoms with Crippen molar-refractivity contribution < 1.29 is 0 Å². The van der Waals surface area contributed by atoms with Gasteiger partial charge in [0.25, 0.3) is 0 Å². The van der Waals surface area contributed by atoms with E-state index in [0.717, 1.165) is 0 Å².